The number of piperidine rings is 1. The van der Waals surface area contributed by atoms with Gasteiger partial charge in [-0.15, -0.1) is 0 Å². The number of piperazine rings is 1. The van der Waals surface area contributed by atoms with Crippen LogP contribution in [0.15, 0.2) is 53.4 Å². The van der Waals surface area contributed by atoms with E-state index in [9.17, 15) is 13.2 Å². The predicted molar refractivity (Wildman–Crippen MR) is 137 cm³/mol. The molecule has 2 aromatic carbocycles. The van der Waals surface area contributed by atoms with E-state index < -0.39 is 10.0 Å². The van der Waals surface area contributed by atoms with Crippen LogP contribution in [-0.4, -0.2) is 81.4 Å². The summed E-state index contributed by atoms with van der Waals surface area (Å²) in [6.07, 6.45) is 5.01. The maximum absolute atomic E-state index is 12.8. The minimum atomic E-state index is -3.41. The second kappa shape index (κ2) is 12.0. The molecule has 8 heteroatoms. The molecule has 2 aliphatic heterocycles. The zero-order valence-electron chi connectivity index (χ0n) is 20.7. The Morgan fingerprint density at radius 2 is 1.40 bits per heavy atom. The van der Waals surface area contributed by atoms with Crippen molar-refractivity contribution in [1.29, 1.82) is 0 Å². The van der Waals surface area contributed by atoms with Crippen molar-refractivity contribution in [3.05, 3.63) is 59.7 Å². The van der Waals surface area contributed by atoms with Gasteiger partial charge >= 0.3 is 0 Å². The lowest BCUT2D eigenvalue weighted by Crippen LogP contribution is -2.49. The Labute approximate surface area is 209 Å². The van der Waals surface area contributed by atoms with Gasteiger partial charge in [-0.2, -0.15) is 4.31 Å². The summed E-state index contributed by atoms with van der Waals surface area (Å²) in [6, 6.07) is 15.3. The second-order valence-electron chi connectivity index (χ2n) is 9.43. The Hall–Kier alpha value is -2.42. The van der Waals surface area contributed by atoms with Gasteiger partial charge in [0.25, 0.3) is 0 Å². The third kappa shape index (κ3) is 6.84. The fraction of sp³-hybridized carbons (Fsp3) is 0.519. The highest BCUT2D eigenvalue weighted by atomic mass is 32.2. The van der Waals surface area contributed by atoms with Crippen LogP contribution in [0.2, 0.25) is 0 Å². The highest BCUT2D eigenvalue weighted by molar-refractivity contribution is 7.89. The molecule has 0 spiro atoms. The van der Waals surface area contributed by atoms with E-state index in [0.29, 0.717) is 30.8 Å². The largest absolute Gasteiger partial charge is 0.497 e. The van der Waals surface area contributed by atoms with Crippen LogP contribution in [0.5, 0.6) is 5.75 Å². The quantitative estimate of drug-likeness (QED) is 0.530. The Kier molecular flexibility index (Phi) is 8.81. The zero-order valence-corrected chi connectivity index (χ0v) is 21.5. The van der Waals surface area contributed by atoms with E-state index in [2.05, 4.69) is 17.0 Å². The molecule has 0 aromatic heterocycles. The molecular formula is C27H37N3O4S. The fourth-order valence-corrected chi connectivity index (χ4v) is 6.31. The van der Waals surface area contributed by atoms with E-state index in [1.165, 1.54) is 5.56 Å². The van der Waals surface area contributed by atoms with E-state index in [1.807, 2.05) is 29.2 Å². The van der Waals surface area contributed by atoms with Gasteiger partial charge in [-0.05, 0) is 61.1 Å². The van der Waals surface area contributed by atoms with Crippen molar-refractivity contribution < 1.29 is 17.9 Å². The van der Waals surface area contributed by atoms with Gasteiger partial charge in [0.15, 0.2) is 0 Å². The molecule has 2 heterocycles. The molecule has 4 rings (SSSR count). The van der Waals surface area contributed by atoms with E-state index in [4.69, 9.17) is 4.74 Å². The first-order valence-electron chi connectivity index (χ1n) is 12.7. The second-order valence-corrected chi connectivity index (χ2v) is 11.4. The minimum Gasteiger partial charge on any atom is -0.497 e. The molecule has 0 bridgehead atoms. The molecular weight excluding hydrogens is 462 g/mol. The molecule has 1 amide bonds. The molecule has 0 aliphatic carbocycles. The van der Waals surface area contributed by atoms with Crippen molar-refractivity contribution in [2.75, 3.05) is 52.9 Å². The summed E-state index contributed by atoms with van der Waals surface area (Å²) >= 11 is 0. The SMILES string of the molecule is COc1ccc(CCN2CCN(C(=O)CCc3ccc(S(=O)(=O)N4CCCCC4)cc3)CC2)cc1. The summed E-state index contributed by atoms with van der Waals surface area (Å²) in [5.41, 5.74) is 2.29. The van der Waals surface area contributed by atoms with Gasteiger partial charge < -0.3 is 9.64 Å². The van der Waals surface area contributed by atoms with Crippen molar-refractivity contribution in [3.63, 3.8) is 0 Å². The van der Waals surface area contributed by atoms with Crippen LogP contribution in [0.1, 0.15) is 36.8 Å². The number of ether oxygens (including phenoxy) is 1. The summed E-state index contributed by atoms with van der Waals surface area (Å²) < 4.78 is 32.4. The maximum Gasteiger partial charge on any atom is 0.243 e. The number of benzene rings is 2. The fourth-order valence-electron chi connectivity index (χ4n) is 4.79. The van der Waals surface area contributed by atoms with Gasteiger partial charge in [-0.1, -0.05) is 30.7 Å². The number of aryl methyl sites for hydroxylation is 1. The smallest absolute Gasteiger partial charge is 0.243 e. The van der Waals surface area contributed by atoms with Crippen LogP contribution in [0.4, 0.5) is 0 Å². The molecule has 35 heavy (non-hydrogen) atoms. The van der Waals surface area contributed by atoms with Gasteiger partial charge in [0.05, 0.1) is 12.0 Å². The van der Waals surface area contributed by atoms with E-state index in [0.717, 1.165) is 69.7 Å². The molecule has 0 atom stereocenters. The van der Waals surface area contributed by atoms with Gasteiger partial charge in [0, 0.05) is 52.2 Å². The molecule has 2 saturated heterocycles. The first-order chi connectivity index (χ1) is 17.0. The first-order valence-corrected chi connectivity index (χ1v) is 14.1. The lowest BCUT2D eigenvalue weighted by Gasteiger charge is -2.34. The highest BCUT2D eigenvalue weighted by Gasteiger charge is 2.26. The van der Waals surface area contributed by atoms with Crippen LogP contribution < -0.4 is 4.74 Å². The van der Waals surface area contributed by atoms with E-state index in [1.54, 1.807) is 23.5 Å². The zero-order chi connectivity index (χ0) is 24.7. The number of carbonyl (C=O) groups excluding carboxylic acids is 1. The van der Waals surface area contributed by atoms with Crippen LogP contribution in [-0.2, 0) is 27.7 Å². The molecule has 2 aromatic rings. The van der Waals surface area contributed by atoms with Crippen molar-refractivity contribution in [2.45, 2.75) is 43.4 Å². The van der Waals surface area contributed by atoms with E-state index in [-0.39, 0.29) is 5.91 Å². The molecule has 7 nitrogen and oxygen atoms in total. The summed E-state index contributed by atoms with van der Waals surface area (Å²) in [4.78, 5) is 17.5. The van der Waals surface area contributed by atoms with Crippen LogP contribution in [0.25, 0.3) is 0 Å². The summed E-state index contributed by atoms with van der Waals surface area (Å²) in [7, 11) is -1.73. The highest BCUT2D eigenvalue weighted by Crippen LogP contribution is 2.21. The Bertz CT molecular complexity index is 1060. The Morgan fingerprint density at radius 1 is 0.800 bits per heavy atom. The lowest BCUT2D eigenvalue weighted by molar-refractivity contribution is -0.132. The van der Waals surface area contributed by atoms with Crippen LogP contribution in [0.3, 0.4) is 0 Å². The van der Waals surface area contributed by atoms with Crippen molar-refractivity contribution in [1.82, 2.24) is 14.1 Å². The lowest BCUT2D eigenvalue weighted by atomic mass is 10.1. The summed E-state index contributed by atoms with van der Waals surface area (Å²) in [5.74, 6) is 1.05. The van der Waals surface area contributed by atoms with Crippen molar-refractivity contribution in [2.24, 2.45) is 0 Å². The Balaban J connectivity index is 1.19. The van der Waals surface area contributed by atoms with Crippen molar-refractivity contribution in [3.8, 4) is 5.75 Å². The van der Waals surface area contributed by atoms with Gasteiger partial charge in [0.1, 0.15) is 5.75 Å². The molecule has 2 fully saturated rings. The van der Waals surface area contributed by atoms with E-state index >= 15 is 0 Å². The third-order valence-corrected chi connectivity index (χ3v) is 9.02. The maximum atomic E-state index is 12.8. The first kappa shape index (κ1) is 25.7. The topological polar surface area (TPSA) is 70.2 Å². The molecule has 190 valence electrons. The summed E-state index contributed by atoms with van der Waals surface area (Å²) in [6.45, 7) is 5.50. The monoisotopic (exact) mass is 499 g/mol. The Morgan fingerprint density at radius 3 is 2.03 bits per heavy atom. The number of methoxy groups -OCH3 is 1. The van der Waals surface area contributed by atoms with Crippen molar-refractivity contribution >= 4 is 15.9 Å². The molecule has 0 saturated carbocycles. The average molecular weight is 500 g/mol. The molecule has 0 radical (unpaired) electrons. The standard InChI is InChI=1S/C27H37N3O4S/c1-34-25-10-5-24(6-11-25)15-18-28-19-21-29(22-20-28)27(31)14-9-23-7-12-26(13-8-23)35(32,33)30-16-3-2-4-17-30/h5-8,10-13H,2-4,9,14-22H2,1H3. The molecule has 2 aliphatic rings. The van der Waals surface area contributed by atoms with Crippen LogP contribution in [0, 0.1) is 0 Å². The van der Waals surface area contributed by atoms with Gasteiger partial charge in [-0.3, -0.25) is 9.69 Å². The normalized spacial score (nSPS) is 17.9. The number of nitrogens with zero attached hydrogens (tertiary/aromatic N) is 3. The van der Waals surface area contributed by atoms with Crippen LogP contribution >= 0.6 is 0 Å². The number of rotatable bonds is 9. The average Bonchev–Trinajstić information content (AvgIpc) is 2.92. The summed E-state index contributed by atoms with van der Waals surface area (Å²) in [5, 5.41) is 0. The molecule has 0 unspecified atom stereocenters. The number of hydrogen-bond acceptors (Lipinski definition) is 5. The molecule has 0 N–H and O–H groups in total. The van der Waals surface area contributed by atoms with Gasteiger partial charge in [0.2, 0.25) is 15.9 Å². The predicted octanol–water partition coefficient (Wildman–Crippen LogP) is 3.19. The third-order valence-electron chi connectivity index (χ3n) is 7.10. The number of hydrogen-bond donors (Lipinski definition) is 0. The number of sulfonamides is 1. The van der Waals surface area contributed by atoms with Gasteiger partial charge in [-0.25, -0.2) is 8.42 Å². The number of carbonyl (C=O) groups is 1. The minimum absolute atomic E-state index is 0.171. The number of amides is 1.